The number of anilines is 3. The smallest absolute Gasteiger partial charge is 0.258 e. The third kappa shape index (κ3) is 4.70. The zero-order chi connectivity index (χ0) is 23.3. The summed E-state index contributed by atoms with van der Waals surface area (Å²) in [7, 11) is 4.99. The van der Waals surface area contributed by atoms with E-state index in [1.165, 1.54) is 0 Å². The Bertz CT molecular complexity index is 1030. The highest BCUT2D eigenvalue weighted by molar-refractivity contribution is 6.32. The predicted octanol–water partition coefficient (Wildman–Crippen LogP) is 3.46. The van der Waals surface area contributed by atoms with Crippen LogP contribution in [0, 0.1) is 0 Å². The predicted molar refractivity (Wildman–Crippen MR) is 127 cm³/mol. The van der Waals surface area contributed by atoms with Crippen molar-refractivity contribution in [2.45, 2.75) is 20.3 Å². The molecular weight excluding hydrogens is 408 g/mol. The van der Waals surface area contributed by atoms with Gasteiger partial charge in [-0.3, -0.25) is 9.59 Å². The van der Waals surface area contributed by atoms with Crippen LogP contribution < -0.4 is 30.3 Å². The Kier molecular flexibility index (Phi) is 7.37. The number of allylic oxidation sites excluding steroid dienone is 1. The van der Waals surface area contributed by atoms with Gasteiger partial charge in [-0.2, -0.15) is 0 Å². The molecule has 2 aromatic carbocycles. The van der Waals surface area contributed by atoms with Crippen molar-refractivity contribution in [1.29, 1.82) is 0 Å². The van der Waals surface area contributed by atoms with Crippen molar-refractivity contribution in [3.05, 3.63) is 47.7 Å². The van der Waals surface area contributed by atoms with Gasteiger partial charge in [0.25, 0.3) is 5.91 Å². The zero-order valence-electron chi connectivity index (χ0n) is 19.2. The fourth-order valence-corrected chi connectivity index (χ4v) is 3.71. The van der Waals surface area contributed by atoms with E-state index >= 15 is 0 Å². The van der Waals surface area contributed by atoms with E-state index < -0.39 is 0 Å². The minimum absolute atomic E-state index is 0.0130. The molecule has 0 atom stereocenters. The molecule has 0 saturated heterocycles. The number of carbonyl (C=O) groups is 2. The topological polar surface area (TPSA) is 91.9 Å². The maximum Gasteiger partial charge on any atom is 0.258 e. The number of hydrogen-bond acceptors (Lipinski definition) is 6. The number of amides is 2. The molecule has 8 heteroatoms. The Balaban J connectivity index is 1.91. The molecule has 0 unspecified atom stereocenters. The molecule has 2 aromatic rings. The number of nitrogens with one attached hydrogen (secondary N) is 3. The summed E-state index contributed by atoms with van der Waals surface area (Å²) in [4.78, 5) is 26.5. The minimum Gasteiger partial charge on any atom is -0.493 e. The first-order valence-electron chi connectivity index (χ1n) is 10.5. The first-order chi connectivity index (χ1) is 15.4. The molecule has 0 aliphatic carbocycles. The van der Waals surface area contributed by atoms with Crippen LogP contribution in [0.5, 0.6) is 11.5 Å². The zero-order valence-corrected chi connectivity index (χ0v) is 19.2. The molecular formula is C24H30N4O4. The van der Waals surface area contributed by atoms with Gasteiger partial charge in [-0.1, -0.05) is 6.92 Å². The molecule has 32 heavy (non-hydrogen) atoms. The Hall–Kier alpha value is -3.52. The van der Waals surface area contributed by atoms with Crippen LogP contribution in [0.2, 0.25) is 0 Å². The summed E-state index contributed by atoms with van der Waals surface area (Å²) in [5.41, 5.74) is 4.48. The number of ether oxygens (including phenoxy) is 2. The summed E-state index contributed by atoms with van der Waals surface area (Å²) < 4.78 is 10.8. The van der Waals surface area contributed by atoms with Crippen LogP contribution in [0.3, 0.4) is 0 Å². The van der Waals surface area contributed by atoms with Gasteiger partial charge in [-0.25, -0.2) is 0 Å². The maximum atomic E-state index is 12.8. The van der Waals surface area contributed by atoms with Gasteiger partial charge in [0.2, 0.25) is 5.91 Å². The molecule has 0 spiro atoms. The van der Waals surface area contributed by atoms with Crippen LogP contribution in [0.15, 0.2) is 42.1 Å². The summed E-state index contributed by atoms with van der Waals surface area (Å²) >= 11 is 0. The highest BCUT2D eigenvalue weighted by Gasteiger charge is 2.29. The van der Waals surface area contributed by atoms with E-state index in [0.717, 1.165) is 22.6 Å². The van der Waals surface area contributed by atoms with Crippen molar-refractivity contribution in [3.8, 4) is 11.5 Å². The molecule has 3 N–H and O–H groups in total. The standard InChI is InChI=1S/C24H30N4O4/c1-6-19(23-18-13-21(31-4)22(32-5)14-20(18)27-24(23)30)26-16-7-9-17(10-8-16)28(15(2)29)12-11-25-3/h7-10,13-14,25-26H,6,11-12H2,1-5H3,(H,27,30)/b23-19-. The molecule has 1 aliphatic heterocycles. The Labute approximate surface area is 188 Å². The van der Waals surface area contributed by atoms with Crippen LogP contribution in [0.4, 0.5) is 17.1 Å². The number of fused-ring (bicyclic) bond motifs is 1. The van der Waals surface area contributed by atoms with E-state index in [1.807, 2.05) is 44.3 Å². The van der Waals surface area contributed by atoms with Gasteiger partial charge in [0.05, 0.1) is 25.5 Å². The highest BCUT2D eigenvalue weighted by Crippen LogP contribution is 2.42. The minimum atomic E-state index is -0.175. The monoisotopic (exact) mass is 438 g/mol. The second-order valence-electron chi connectivity index (χ2n) is 7.36. The fourth-order valence-electron chi connectivity index (χ4n) is 3.71. The molecule has 0 bridgehead atoms. The molecule has 0 saturated carbocycles. The van der Waals surface area contributed by atoms with E-state index in [1.54, 1.807) is 32.1 Å². The average Bonchev–Trinajstić information content (AvgIpc) is 3.11. The van der Waals surface area contributed by atoms with Crippen LogP contribution in [0.1, 0.15) is 25.8 Å². The van der Waals surface area contributed by atoms with E-state index in [0.29, 0.717) is 42.3 Å². The normalized spacial score (nSPS) is 13.8. The van der Waals surface area contributed by atoms with Crippen LogP contribution in [-0.4, -0.2) is 46.2 Å². The summed E-state index contributed by atoms with van der Waals surface area (Å²) in [6, 6.07) is 11.2. The SMILES string of the molecule is CC/C(Nc1ccc(N(CCNC)C(C)=O)cc1)=C1/C(=O)Nc2cc(OC)c(OC)cc21. The van der Waals surface area contributed by atoms with Crippen molar-refractivity contribution in [1.82, 2.24) is 5.32 Å². The number of hydrogen-bond donors (Lipinski definition) is 3. The van der Waals surface area contributed by atoms with Crippen LogP contribution in [-0.2, 0) is 9.59 Å². The Morgan fingerprint density at radius 1 is 1.09 bits per heavy atom. The third-order valence-corrected chi connectivity index (χ3v) is 5.36. The lowest BCUT2D eigenvalue weighted by Crippen LogP contribution is -2.34. The number of rotatable bonds is 9. The van der Waals surface area contributed by atoms with E-state index in [9.17, 15) is 9.59 Å². The van der Waals surface area contributed by atoms with E-state index in [4.69, 9.17) is 9.47 Å². The number of benzene rings is 2. The van der Waals surface area contributed by atoms with Crippen LogP contribution >= 0.6 is 0 Å². The molecule has 0 radical (unpaired) electrons. The van der Waals surface area contributed by atoms with Gasteiger partial charge in [0.1, 0.15) is 0 Å². The molecule has 1 heterocycles. The van der Waals surface area contributed by atoms with Gasteiger partial charge < -0.3 is 30.3 Å². The second-order valence-corrected chi connectivity index (χ2v) is 7.36. The van der Waals surface area contributed by atoms with Crippen molar-refractivity contribution < 1.29 is 19.1 Å². The third-order valence-electron chi connectivity index (χ3n) is 5.36. The van der Waals surface area contributed by atoms with Gasteiger partial charge in [0, 0.05) is 48.7 Å². The van der Waals surface area contributed by atoms with Crippen LogP contribution in [0.25, 0.3) is 5.57 Å². The fraction of sp³-hybridized carbons (Fsp3) is 0.333. The maximum absolute atomic E-state index is 12.8. The van der Waals surface area contributed by atoms with Crippen molar-refractivity contribution in [3.63, 3.8) is 0 Å². The lowest BCUT2D eigenvalue weighted by atomic mass is 10.0. The first-order valence-corrected chi connectivity index (χ1v) is 10.5. The molecule has 1 aliphatic rings. The molecule has 0 aromatic heterocycles. The number of methoxy groups -OCH3 is 2. The summed E-state index contributed by atoms with van der Waals surface area (Å²) in [5, 5.41) is 9.34. The quantitative estimate of drug-likeness (QED) is 0.520. The van der Waals surface area contributed by atoms with E-state index in [-0.39, 0.29) is 11.8 Å². The van der Waals surface area contributed by atoms with Crippen molar-refractivity contribution in [2.24, 2.45) is 0 Å². The Morgan fingerprint density at radius 2 is 1.75 bits per heavy atom. The highest BCUT2D eigenvalue weighted by atomic mass is 16.5. The number of carbonyl (C=O) groups excluding carboxylic acids is 2. The summed E-state index contributed by atoms with van der Waals surface area (Å²) in [6.07, 6.45) is 0.625. The molecule has 170 valence electrons. The van der Waals surface area contributed by atoms with Gasteiger partial charge >= 0.3 is 0 Å². The molecule has 0 fully saturated rings. The summed E-state index contributed by atoms with van der Waals surface area (Å²) in [6.45, 7) is 4.84. The lowest BCUT2D eigenvalue weighted by molar-refractivity contribution is -0.116. The van der Waals surface area contributed by atoms with Gasteiger partial charge in [-0.05, 0) is 43.8 Å². The molecule has 3 rings (SSSR count). The van der Waals surface area contributed by atoms with Gasteiger partial charge in [-0.15, -0.1) is 0 Å². The average molecular weight is 439 g/mol. The summed E-state index contributed by atoms with van der Waals surface area (Å²) in [5.74, 6) is 0.931. The van der Waals surface area contributed by atoms with E-state index in [2.05, 4.69) is 16.0 Å². The number of likely N-dealkylation sites (N-methyl/N-ethyl adjacent to an activating group) is 1. The Morgan fingerprint density at radius 3 is 2.31 bits per heavy atom. The van der Waals surface area contributed by atoms with Crippen molar-refractivity contribution in [2.75, 3.05) is 49.9 Å². The molecule has 2 amide bonds. The largest absolute Gasteiger partial charge is 0.493 e. The second kappa shape index (κ2) is 10.2. The molecule has 8 nitrogen and oxygen atoms in total. The van der Waals surface area contributed by atoms with Gasteiger partial charge in [0.15, 0.2) is 11.5 Å². The lowest BCUT2D eigenvalue weighted by Gasteiger charge is -2.21. The number of nitrogens with zero attached hydrogens (tertiary/aromatic N) is 1. The van der Waals surface area contributed by atoms with Crippen molar-refractivity contribution >= 4 is 34.4 Å². The first kappa shape index (κ1) is 23.1.